The van der Waals surface area contributed by atoms with E-state index in [0.717, 1.165) is 10.6 Å². The van der Waals surface area contributed by atoms with Gasteiger partial charge in [0.2, 0.25) is 0 Å². The largest absolute Gasteiger partial charge is 0.417 e. The molecule has 3 heterocycles. The highest BCUT2D eigenvalue weighted by Crippen LogP contribution is 2.29. The number of rotatable bonds is 1. The van der Waals surface area contributed by atoms with Crippen molar-refractivity contribution in [2.24, 2.45) is 21.1 Å². The Bertz CT molecular complexity index is 1060. The summed E-state index contributed by atoms with van der Waals surface area (Å²) in [5.74, 6) is 0.192. The van der Waals surface area contributed by atoms with E-state index in [2.05, 4.69) is 9.97 Å². The van der Waals surface area contributed by atoms with Crippen LogP contribution >= 0.6 is 0 Å². The van der Waals surface area contributed by atoms with Gasteiger partial charge in [-0.2, -0.15) is 13.2 Å². The Morgan fingerprint density at radius 1 is 1.00 bits per heavy atom. The van der Waals surface area contributed by atoms with Gasteiger partial charge in [-0.25, -0.2) is 9.78 Å². The maximum absolute atomic E-state index is 12.6. The molecule has 0 atom stereocenters. The van der Waals surface area contributed by atoms with Gasteiger partial charge in [-0.05, 0) is 12.1 Å². The van der Waals surface area contributed by atoms with Gasteiger partial charge < -0.3 is 4.57 Å². The Morgan fingerprint density at radius 2 is 1.67 bits per heavy atom. The smallest absolute Gasteiger partial charge is 0.320 e. The summed E-state index contributed by atoms with van der Waals surface area (Å²) >= 11 is 0. The Balaban J connectivity index is 2.27. The molecule has 0 amide bonds. The van der Waals surface area contributed by atoms with Crippen molar-refractivity contribution in [3.05, 3.63) is 44.7 Å². The van der Waals surface area contributed by atoms with E-state index in [1.54, 1.807) is 0 Å². The molecule has 0 saturated heterocycles. The molecule has 0 bridgehead atoms. The zero-order valence-electron chi connectivity index (χ0n) is 12.9. The highest BCUT2D eigenvalue weighted by Gasteiger charge is 2.31. The number of hydrogen-bond acceptors (Lipinski definition) is 4. The van der Waals surface area contributed by atoms with Crippen LogP contribution in [0.5, 0.6) is 0 Å². The average molecular weight is 339 g/mol. The van der Waals surface area contributed by atoms with Crippen molar-refractivity contribution in [3.8, 4) is 11.5 Å². The SMILES string of the molecule is Cn1c(=O)c2c(nc(-c3ccc(C(F)(F)F)cn3)n2C)n(C)c1=O. The van der Waals surface area contributed by atoms with Crippen molar-refractivity contribution in [2.45, 2.75) is 6.18 Å². The minimum absolute atomic E-state index is 0.141. The first-order chi connectivity index (χ1) is 11.1. The van der Waals surface area contributed by atoms with Crippen LogP contribution in [0, 0.1) is 0 Å². The number of nitrogens with zero attached hydrogens (tertiary/aromatic N) is 5. The lowest BCUT2D eigenvalue weighted by Gasteiger charge is -2.06. The molecule has 0 aromatic carbocycles. The minimum atomic E-state index is -4.49. The van der Waals surface area contributed by atoms with Gasteiger partial charge >= 0.3 is 11.9 Å². The number of alkyl halides is 3. The molecule has 0 fully saturated rings. The lowest BCUT2D eigenvalue weighted by atomic mass is 10.2. The lowest BCUT2D eigenvalue weighted by Crippen LogP contribution is -2.37. The summed E-state index contributed by atoms with van der Waals surface area (Å²) in [4.78, 5) is 32.2. The van der Waals surface area contributed by atoms with Crippen LogP contribution in [0.1, 0.15) is 5.56 Å². The molecule has 3 aromatic rings. The first kappa shape index (κ1) is 16.0. The second kappa shape index (κ2) is 5.05. The fourth-order valence-corrected chi connectivity index (χ4v) is 2.44. The number of halogens is 3. The van der Waals surface area contributed by atoms with Crippen LogP contribution < -0.4 is 11.2 Å². The number of aryl methyl sites for hydroxylation is 2. The van der Waals surface area contributed by atoms with E-state index in [-0.39, 0.29) is 22.7 Å². The molecule has 0 unspecified atom stereocenters. The van der Waals surface area contributed by atoms with Gasteiger partial charge in [-0.1, -0.05) is 0 Å². The lowest BCUT2D eigenvalue weighted by molar-refractivity contribution is -0.137. The maximum Gasteiger partial charge on any atom is 0.417 e. The Hall–Kier alpha value is -2.91. The summed E-state index contributed by atoms with van der Waals surface area (Å²) in [6.45, 7) is 0. The van der Waals surface area contributed by atoms with Gasteiger partial charge in [-0.15, -0.1) is 0 Å². The number of aromatic nitrogens is 5. The van der Waals surface area contributed by atoms with E-state index >= 15 is 0 Å². The Labute approximate surface area is 132 Å². The number of imidazole rings is 1. The molecule has 0 radical (unpaired) electrons. The molecule has 24 heavy (non-hydrogen) atoms. The molecule has 0 aliphatic rings. The molecule has 7 nitrogen and oxygen atoms in total. The van der Waals surface area contributed by atoms with E-state index in [9.17, 15) is 22.8 Å². The van der Waals surface area contributed by atoms with Crippen molar-refractivity contribution in [1.29, 1.82) is 0 Å². The van der Waals surface area contributed by atoms with Crippen LogP contribution in [0.3, 0.4) is 0 Å². The van der Waals surface area contributed by atoms with E-state index in [0.29, 0.717) is 6.20 Å². The van der Waals surface area contributed by atoms with Crippen molar-refractivity contribution < 1.29 is 13.2 Å². The van der Waals surface area contributed by atoms with E-state index in [4.69, 9.17) is 0 Å². The predicted octanol–water partition coefficient (Wildman–Crippen LogP) is 1.05. The molecular formula is C14H12F3N5O2. The Kier molecular flexibility index (Phi) is 3.36. The molecular weight excluding hydrogens is 327 g/mol. The highest BCUT2D eigenvalue weighted by atomic mass is 19.4. The van der Waals surface area contributed by atoms with Crippen LogP contribution in [0.25, 0.3) is 22.7 Å². The zero-order valence-corrected chi connectivity index (χ0v) is 12.9. The molecule has 0 aliphatic heterocycles. The summed E-state index contributed by atoms with van der Waals surface area (Å²) in [5, 5.41) is 0. The summed E-state index contributed by atoms with van der Waals surface area (Å²) < 4.78 is 41.4. The third kappa shape index (κ3) is 2.22. The quantitative estimate of drug-likeness (QED) is 0.664. The normalized spacial score (nSPS) is 12.1. The number of hydrogen-bond donors (Lipinski definition) is 0. The van der Waals surface area contributed by atoms with Gasteiger partial charge in [0.25, 0.3) is 5.56 Å². The van der Waals surface area contributed by atoms with Crippen molar-refractivity contribution in [2.75, 3.05) is 0 Å². The molecule has 10 heteroatoms. The fourth-order valence-electron chi connectivity index (χ4n) is 2.44. The average Bonchev–Trinajstić information content (AvgIpc) is 2.88. The van der Waals surface area contributed by atoms with Crippen LogP contribution in [-0.2, 0) is 27.3 Å². The summed E-state index contributed by atoms with van der Waals surface area (Å²) in [6.07, 6.45) is -3.79. The van der Waals surface area contributed by atoms with E-state index < -0.39 is 23.0 Å². The zero-order chi connectivity index (χ0) is 17.8. The third-order valence-electron chi connectivity index (χ3n) is 3.80. The molecule has 0 spiro atoms. The first-order valence-electron chi connectivity index (χ1n) is 6.79. The molecule has 3 aromatic heterocycles. The number of pyridine rings is 1. The van der Waals surface area contributed by atoms with Crippen LogP contribution in [0.4, 0.5) is 13.2 Å². The monoisotopic (exact) mass is 339 g/mol. The summed E-state index contributed by atoms with van der Waals surface area (Å²) in [7, 11) is 4.34. The Morgan fingerprint density at radius 3 is 2.21 bits per heavy atom. The second-order valence-electron chi connectivity index (χ2n) is 5.30. The van der Waals surface area contributed by atoms with E-state index in [1.165, 1.54) is 36.3 Å². The van der Waals surface area contributed by atoms with Crippen LogP contribution in [0.2, 0.25) is 0 Å². The van der Waals surface area contributed by atoms with Gasteiger partial charge in [0, 0.05) is 27.3 Å². The van der Waals surface area contributed by atoms with Gasteiger partial charge in [-0.3, -0.25) is 18.9 Å². The first-order valence-corrected chi connectivity index (χ1v) is 6.79. The van der Waals surface area contributed by atoms with Crippen molar-refractivity contribution in [3.63, 3.8) is 0 Å². The fraction of sp³-hybridized carbons (Fsp3) is 0.286. The molecule has 126 valence electrons. The molecule has 0 N–H and O–H groups in total. The van der Waals surface area contributed by atoms with E-state index in [1.807, 2.05) is 0 Å². The molecule has 0 aliphatic carbocycles. The minimum Gasteiger partial charge on any atom is -0.320 e. The van der Waals surface area contributed by atoms with Crippen molar-refractivity contribution in [1.82, 2.24) is 23.7 Å². The third-order valence-corrected chi connectivity index (χ3v) is 3.80. The standard InChI is InChI=1S/C14H12F3N5O2/c1-20-9-11(21(2)13(24)22(3)12(9)23)19-10(20)8-5-4-7(6-18-8)14(15,16)17/h4-6H,1-3H3. The predicted molar refractivity (Wildman–Crippen MR) is 79.4 cm³/mol. The number of fused-ring (bicyclic) bond motifs is 1. The molecule has 0 saturated carbocycles. The maximum atomic E-state index is 12.6. The van der Waals surface area contributed by atoms with Crippen LogP contribution in [-0.4, -0.2) is 23.7 Å². The highest BCUT2D eigenvalue weighted by molar-refractivity contribution is 5.75. The summed E-state index contributed by atoms with van der Waals surface area (Å²) in [5.41, 5.74) is -1.50. The van der Waals surface area contributed by atoms with Crippen molar-refractivity contribution >= 4 is 11.2 Å². The van der Waals surface area contributed by atoms with Crippen LogP contribution in [0.15, 0.2) is 27.9 Å². The van der Waals surface area contributed by atoms with Gasteiger partial charge in [0.1, 0.15) is 5.69 Å². The second-order valence-corrected chi connectivity index (χ2v) is 5.30. The summed E-state index contributed by atoms with van der Waals surface area (Å²) in [6, 6.07) is 2.06. The topological polar surface area (TPSA) is 74.7 Å². The van der Waals surface area contributed by atoms with Gasteiger partial charge in [0.15, 0.2) is 17.0 Å². The van der Waals surface area contributed by atoms with Gasteiger partial charge in [0.05, 0.1) is 5.56 Å². The molecule has 3 rings (SSSR count).